The van der Waals surface area contributed by atoms with E-state index in [4.69, 9.17) is 4.74 Å². The van der Waals surface area contributed by atoms with Crippen LogP contribution in [0.25, 0.3) is 0 Å². The molecule has 0 N–H and O–H groups in total. The zero-order valence-corrected chi connectivity index (χ0v) is 9.31. The summed E-state index contributed by atoms with van der Waals surface area (Å²) in [7, 11) is 0. The molecule has 0 saturated heterocycles. The molecule has 1 saturated carbocycles. The Morgan fingerprint density at radius 3 is 2.23 bits per heavy atom. The lowest BCUT2D eigenvalue weighted by Gasteiger charge is -2.24. The number of carbonyl (C=O) groups is 1. The molecule has 76 valence electrons. The Balaban J connectivity index is 2.59. The molecule has 1 fully saturated rings. The summed E-state index contributed by atoms with van der Waals surface area (Å²) in [5, 5.41) is 0. The topological polar surface area (TPSA) is 26.3 Å². The summed E-state index contributed by atoms with van der Waals surface area (Å²) in [6.45, 7) is 10.2. The third-order valence-electron chi connectivity index (χ3n) is 2.25. The van der Waals surface area contributed by atoms with Crippen molar-refractivity contribution in [3.63, 3.8) is 0 Å². The Morgan fingerprint density at radius 2 is 1.92 bits per heavy atom. The second-order valence-electron chi connectivity index (χ2n) is 5.73. The van der Waals surface area contributed by atoms with Crippen LogP contribution in [-0.4, -0.2) is 17.5 Å². The van der Waals surface area contributed by atoms with Crippen LogP contribution in [0.4, 0.5) is 0 Å². The molecular formula is C11H20O2. The molecule has 0 radical (unpaired) electrons. The molecule has 1 aliphatic rings. The van der Waals surface area contributed by atoms with Crippen LogP contribution >= 0.6 is 0 Å². The Hall–Kier alpha value is -0.370. The molecule has 1 rings (SSSR count). The number of Topliss-reactive ketones (excluding diaryl/α,β-unsaturated/α-hetero) is 1. The number of carbonyl (C=O) groups excluding carboxylic acids is 1. The van der Waals surface area contributed by atoms with Crippen molar-refractivity contribution in [3.8, 4) is 0 Å². The number of hydrogen-bond acceptors (Lipinski definition) is 2. The highest BCUT2D eigenvalue weighted by Gasteiger charge is 2.40. The summed E-state index contributed by atoms with van der Waals surface area (Å²) in [6, 6.07) is 0. The van der Waals surface area contributed by atoms with E-state index >= 15 is 0 Å². The van der Waals surface area contributed by atoms with Crippen molar-refractivity contribution < 1.29 is 9.53 Å². The number of rotatable bonds is 1. The fourth-order valence-corrected chi connectivity index (χ4v) is 1.81. The molecule has 0 aromatic heterocycles. The summed E-state index contributed by atoms with van der Waals surface area (Å²) in [5.41, 5.74) is -0.0756. The van der Waals surface area contributed by atoms with Gasteiger partial charge in [0.05, 0.1) is 5.60 Å². The van der Waals surface area contributed by atoms with Crippen molar-refractivity contribution >= 4 is 5.78 Å². The predicted octanol–water partition coefficient (Wildman–Crippen LogP) is 2.56. The summed E-state index contributed by atoms with van der Waals surface area (Å²) in [6.07, 6.45) is 1.35. The van der Waals surface area contributed by atoms with E-state index in [1.807, 2.05) is 20.8 Å². The van der Waals surface area contributed by atoms with E-state index in [2.05, 4.69) is 13.8 Å². The summed E-state index contributed by atoms with van der Waals surface area (Å²) < 4.78 is 5.70. The highest BCUT2D eigenvalue weighted by molar-refractivity contribution is 5.86. The molecule has 13 heavy (non-hydrogen) atoms. The molecule has 1 aliphatic carbocycles. The maximum absolute atomic E-state index is 11.5. The van der Waals surface area contributed by atoms with E-state index < -0.39 is 0 Å². The monoisotopic (exact) mass is 184 g/mol. The van der Waals surface area contributed by atoms with Gasteiger partial charge in [-0.3, -0.25) is 4.79 Å². The number of ether oxygens (including phenoxy) is 1. The average Bonchev–Trinajstić information content (AvgIpc) is 2.00. The van der Waals surface area contributed by atoms with Crippen molar-refractivity contribution in [2.45, 2.75) is 59.2 Å². The van der Waals surface area contributed by atoms with Crippen molar-refractivity contribution in [1.82, 2.24) is 0 Å². The van der Waals surface area contributed by atoms with Crippen LogP contribution in [-0.2, 0) is 9.53 Å². The highest BCUT2D eigenvalue weighted by Crippen LogP contribution is 2.37. The van der Waals surface area contributed by atoms with Crippen LogP contribution in [0.3, 0.4) is 0 Å². The first-order chi connectivity index (χ1) is 5.70. The molecule has 0 aromatic carbocycles. The van der Waals surface area contributed by atoms with Gasteiger partial charge in [0.2, 0.25) is 0 Å². The molecule has 0 heterocycles. The van der Waals surface area contributed by atoms with Gasteiger partial charge in [0.15, 0.2) is 5.78 Å². The number of ketones is 1. The first-order valence-electron chi connectivity index (χ1n) is 4.90. The summed E-state index contributed by atoms with van der Waals surface area (Å²) >= 11 is 0. The van der Waals surface area contributed by atoms with Crippen LogP contribution in [0.5, 0.6) is 0 Å². The van der Waals surface area contributed by atoms with E-state index in [1.54, 1.807) is 0 Å². The molecule has 0 spiro atoms. The summed E-state index contributed by atoms with van der Waals surface area (Å²) in [4.78, 5) is 11.5. The van der Waals surface area contributed by atoms with Gasteiger partial charge >= 0.3 is 0 Å². The zero-order valence-electron chi connectivity index (χ0n) is 9.31. The molecule has 0 bridgehead atoms. The van der Waals surface area contributed by atoms with Crippen LogP contribution in [0.2, 0.25) is 0 Å². The van der Waals surface area contributed by atoms with Gasteiger partial charge in [0, 0.05) is 6.42 Å². The third-order valence-corrected chi connectivity index (χ3v) is 2.25. The van der Waals surface area contributed by atoms with Crippen molar-refractivity contribution in [2.24, 2.45) is 5.41 Å². The van der Waals surface area contributed by atoms with Gasteiger partial charge in [-0.2, -0.15) is 0 Å². The van der Waals surface area contributed by atoms with E-state index in [-0.39, 0.29) is 22.9 Å². The average molecular weight is 184 g/mol. The van der Waals surface area contributed by atoms with Gasteiger partial charge in [-0.25, -0.2) is 0 Å². The largest absolute Gasteiger partial charge is 0.365 e. The Bertz CT molecular complexity index is 211. The zero-order chi connectivity index (χ0) is 10.3. The Labute approximate surface area is 80.7 Å². The van der Waals surface area contributed by atoms with E-state index in [1.165, 1.54) is 0 Å². The van der Waals surface area contributed by atoms with Crippen molar-refractivity contribution in [1.29, 1.82) is 0 Å². The second-order valence-corrected chi connectivity index (χ2v) is 5.73. The maximum atomic E-state index is 11.5. The lowest BCUT2D eigenvalue weighted by molar-refractivity contribution is -0.136. The standard InChI is InChI=1S/C11H20O2/c1-10(2,3)13-9-7-11(4,5)6-8(9)12/h9H,6-7H2,1-5H3. The van der Waals surface area contributed by atoms with Gasteiger partial charge in [0.1, 0.15) is 6.10 Å². The van der Waals surface area contributed by atoms with Crippen LogP contribution < -0.4 is 0 Å². The second kappa shape index (κ2) is 3.09. The smallest absolute Gasteiger partial charge is 0.162 e. The van der Waals surface area contributed by atoms with Gasteiger partial charge in [0.25, 0.3) is 0 Å². The minimum absolute atomic E-state index is 0.132. The van der Waals surface area contributed by atoms with Gasteiger partial charge in [-0.05, 0) is 32.6 Å². The van der Waals surface area contributed by atoms with Crippen molar-refractivity contribution in [3.05, 3.63) is 0 Å². The molecule has 0 aliphatic heterocycles. The molecule has 1 unspecified atom stereocenters. The van der Waals surface area contributed by atoms with Crippen LogP contribution in [0.15, 0.2) is 0 Å². The van der Waals surface area contributed by atoms with Gasteiger partial charge < -0.3 is 4.74 Å². The predicted molar refractivity (Wildman–Crippen MR) is 52.6 cm³/mol. The van der Waals surface area contributed by atoms with E-state index in [0.717, 1.165) is 6.42 Å². The highest BCUT2D eigenvalue weighted by atomic mass is 16.5. The molecule has 0 aromatic rings. The molecule has 1 atom stereocenters. The first kappa shape index (κ1) is 10.7. The molecule has 2 nitrogen and oxygen atoms in total. The SMILES string of the molecule is CC1(C)CC(=O)C(OC(C)(C)C)C1. The Kier molecular flexibility index (Phi) is 2.54. The first-order valence-corrected chi connectivity index (χ1v) is 4.90. The maximum Gasteiger partial charge on any atom is 0.162 e. The van der Waals surface area contributed by atoms with Gasteiger partial charge in [-0.1, -0.05) is 13.8 Å². The molecule has 0 amide bonds. The van der Waals surface area contributed by atoms with E-state index in [9.17, 15) is 4.79 Å². The normalized spacial score (nSPS) is 28.1. The van der Waals surface area contributed by atoms with E-state index in [0.29, 0.717) is 6.42 Å². The molecule has 2 heteroatoms. The molecular weight excluding hydrogens is 164 g/mol. The lowest BCUT2D eigenvalue weighted by atomic mass is 9.92. The lowest BCUT2D eigenvalue weighted by Crippen LogP contribution is -2.30. The third kappa shape index (κ3) is 3.11. The fourth-order valence-electron chi connectivity index (χ4n) is 1.81. The van der Waals surface area contributed by atoms with Gasteiger partial charge in [-0.15, -0.1) is 0 Å². The minimum Gasteiger partial charge on any atom is -0.365 e. The van der Waals surface area contributed by atoms with Crippen LogP contribution in [0.1, 0.15) is 47.5 Å². The van der Waals surface area contributed by atoms with Crippen LogP contribution in [0, 0.1) is 5.41 Å². The number of hydrogen-bond donors (Lipinski definition) is 0. The Morgan fingerprint density at radius 1 is 1.38 bits per heavy atom. The minimum atomic E-state index is -0.208. The van der Waals surface area contributed by atoms with Crippen molar-refractivity contribution in [2.75, 3.05) is 0 Å². The quantitative estimate of drug-likeness (QED) is 0.626. The summed E-state index contributed by atoms with van der Waals surface area (Å²) in [5.74, 6) is 0.264. The fraction of sp³-hybridized carbons (Fsp3) is 0.909.